The summed E-state index contributed by atoms with van der Waals surface area (Å²) < 4.78 is 27.2. The van der Waals surface area contributed by atoms with E-state index in [0.717, 1.165) is 52.7 Å². The molecule has 0 unspecified atom stereocenters. The first-order valence-electron chi connectivity index (χ1n) is 11.8. The van der Waals surface area contributed by atoms with Gasteiger partial charge in [0, 0.05) is 17.1 Å². The minimum absolute atomic E-state index is 0.0230. The van der Waals surface area contributed by atoms with Crippen LogP contribution in [0.5, 0.6) is 0 Å². The number of hydrogen-bond acceptors (Lipinski definition) is 4. The molecule has 0 aromatic heterocycles. The van der Waals surface area contributed by atoms with Gasteiger partial charge in [0.05, 0.1) is 27.0 Å². The average molecular weight is 654 g/mol. The molecule has 12 heteroatoms. The third kappa shape index (κ3) is 8.23. The van der Waals surface area contributed by atoms with Gasteiger partial charge < -0.3 is 10.2 Å². The van der Waals surface area contributed by atoms with Crippen molar-refractivity contribution in [3.05, 3.63) is 61.5 Å². The van der Waals surface area contributed by atoms with E-state index < -0.39 is 28.5 Å². The van der Waals surface area contributed by atoms with Gasteiger partial charge in [-0.15, -0.1) is 0 Å². The zero-order valence-corrected chi connectivity index (χ0v) is 25.2. The van der Waals surface area contributed by atoms with Crippen LogP contribution in [-0.2, 0) is 26.2 Å². The van der Waals surface area contributed by atoms with Gasteiger partial charge in [0.1, 0.15) is 12.6 Å². The zero-order valence-electron chi connectivity index (χ0n) is 20.5. The number of carbonyl (C=O) groups is 2. The van der Waals surface area contributed by atoms with Gasteiger partial charge in [0.2, 0.25) is 21.8 Å². The number of carbonyl (C=O) groups excluding carboxylic acids is 2. The van der Waals surface area contributed by atoms with Crippen molar-refractivity contribution in [2.75, 3.05) is 17.1 Å². The fourth-order valence-corrected chi connectivity index (χ4v) is 6.05. The normalized spacial score (nSPS) is 15.2. The summed E-state index contributed by atoms with van der Waals surface area (Å²) in [4.78, 5) is 28.2. The van der Waals surface area contributed by atoms with Crippen molar-refractivity contribution in [2.45, 2.75) is 57.7 Å². The van der Waals surface area contributed by atoms with Crippen LogP contribution in [0.3, 0.4) is 0 Å². The second kappa shape index (κ2) is 13.0. The second-order valence-corrected chi connectivity index (χ2v) is 13.2. The Balaban J connectivity index is 1.91. The third-order valence-electron chi connectivity index (χ3n) is 6.32. The Morgan fingerprint density at radius 1 is 1.03 bits per heavy atom. The van der Waals surface area contributed by atoms with Crippen LogP contribution in [0.1, 0.15) is 44.6 Å². The lowest BCUT2D eigenvalue weighted by molar-refractivity contribution is -0.139. The van der Waals surface area contributed by atoms with Crippen molar-refractivity contribution in [1.29, 1.82) is 0 Å². The van der Waals surface area contributed by atoms with Crippen LogP contribution < -0.4 is 9.62 Å². The van der Waals surface area contributed by atoms with Crippen LogP contribution in [0.2, 0.25) is 15.1 Å². The smallest absolute Gasteiger partial charge is 0.244 e. The van der Waals surface area contributed by atoms with Crippen molar-refractivity contribution >= 4 is 78.3 Å². The summed E-state index contributed by atoms with van der Waals surface area (Å²) >= 11 is 21.8. The average Bonchev–Trinajstić information content (AvgIpc) is 2.84. The molecular weight excluding hydrogens is 625 g/mol. The molecule has 37 heavy (non-hydrogen) atoms. The molecule has 1 saturated carbocycles. The molecule has 7 nitrogen and oxygen atoms in total. The Morgan fingerprint density at radius 2 is 1.62 bits per heavy atom. The molecule has 1 aliphatic carbocycles. The molecular formula is C25H29BrCl3N3O4S. The summed E-state index contributed by atoms with van der Waals surface area (Å²) in [6.07, 6.45) is 6.02. The van der Waals surface area contributed by atoms with Crippen LogP contribution in [0.4, 0.5) is 5.69 Å². The highest BCUT2D eigenvalue weighted by atomic mass is 79.9. The molecule has 1 atom stereocenters. The van der Waals surface area contributed by atoms with Gasteiger partial charge in [-0.1, -0.05) is 82.1 Å². The summed E-state index contributed by atoms with van der Waals surface area (Å²) in [7, 11) is -3.95. The minimum atomic E-state index is -3.95. The number of halogens is 4. The van der Waals surface area contributed by atoms with Gasteiger partial charge in [-0.3, -0.25) is 13.9 Å². The van der Waals surface area contributed by atoms with Crippen molar-refractivity contribution < 1.29 is 18.0 Å². The Hall–Kier alpha value is -1.52. The second-order valence-electron chi connectivity index (χ2n) is 9.15. The lowest BCUT2D eigenvalue weighted by atomic mass is 9.95. The number of sulfonamides is 1. The van der Waals surface area contributed by atoms with E-state index in [1.165, 1.54) is 17.0 Å². The van der Waals surface area contributed by atoms with Crippen LogP contribution >= 0.6 is 50.7 Å². The predicted molar refractivity (Wildman–Crippen MR) is 153 cm³/mol. The van der Waals surface area contributed by atoms with Crippen molar-refractivity contribution in [3.8, 4) is 0 Å². The number of rotatable bonds is 9. The molecule has 2 amide bonds. The molecule has 1 aliphatic rings. The summed E-state index contributed by atoms with van der Waals surface area (Å²) in [5, 5.41) is 3.33. The lowest BCUT2D eigenvalue weighted by Gasteiger charge is -2.33. The highest BCUT2D eigenvalue weighted by Crippen LogP contribution is 2.35. The van der Waals surface area contributed by atoms with E-state index in [1.54, 1.807) is 6.92 Å². The van der Waals surface area contributed by atoms with E-state index in [4.69, 9.17) is 34.8 Å². The fourth-order valence-electron chi connectivity index (χ4n) is 4.24. The first-order valence-corrected chi connectivity index (χ1v) is 15.6. The molecule has 0 aliphatic heterocycles. The number of anilines is 1. The third-order valence-corrected chi connectivity index (χ3v) is 9.00. The summed E-state index contributed by atoms with van der Waals surface area (Å²) in [6, 6.07) is 9.19. The van der Waals surface area contributed by atoms with E-state index in [2.05, 4.69) is 21.2 Å². The van der Waals surface area contributed by atoms with Gasteiger partial charge in [-0.25, -0.2) is 8.42 Å². The topological polar surface area (TPSA) is 86.8 Å². The number of benzene rings is 2. The monoisotopic (exact) mass is 651 g/mol. The van der Waals surface area contributed by atoms with E-state index in [-0.39, 0.29) is 39.2 Å². The first kappa shape index (κ1) is 30.0. The molecule has 0 spiro atoms. The number of amides is 2. The Labute approximate surface area is 241 Å². The molecule has 0 radical (unpaired) electrons. The largest absolute Gasteiger partial charge is 0.352 e. The van der Waals surface area contributed by atoms with Crippen molar-refractivity contribution in [1.82, 2.24) is 10.2 Å². The fraction of sp³-hybridized carbons (Fsp3) is 0.440. The molecule has 2 aromatic carbocycles. The minimum Gasteiger partial charge on any atom is -0.352 e. The zero-order chi connectivity index (χ0) is 27.3. The van der Waals surface area contributed by atoms with Gasteiger partial charge in [0.25, 0.3) is 0 Å². The highest BCUT2D eigenvalue weighted by molar-refractivity contribution is 9.10. The standard InChI is InChI=1S/C25H29BrCl3N3O4S/c1-16(25(34)30-19-6-4-3-5-7-19)31(14-17-8-10-18(26)11-9-17)24(33)15-32(37(2,35)36)23-13-21(28)20(27)12-22(23)29/h8-13,16,19H,3-7,14-15H2,1-2H3,(H,30,34)/t16-/m0/s1. The van der Waals surface area contributed by atoms with Gasteiger partial charge in [-0.2, -0.15) is 0 Å². The van der Waals surface area contributed by atoms with Crippen molar-refractivity contribution in [2.24, 2.45) is 0 Å². The summed E-state index contributed by atoms with van der Waals surface area (Å²) in [5.74, 6) is -0.849. The van der Waals surface area contributed by atoms with Crippen molar-refractivity contribution in [3.63, 3.8) is 0 Å². The molecule has 0 saturated heterocycles. The molecule has 1 fully saturated rings. The maximum Gasteiger partial charge on any atom is 0.244 e. The van der Waals surface area contributed by atoms with Crippen LogP contribution in [-0.4, -0.2) is 50.0 Å². The Kier molecular flexibility index (Phi) is 10.6. The first-order chi connectivity index (χ1) is 17.4. The van der Waals surface area contributed by atoms with Crippen LogP contribution in [0, 0.1) is 0 Å². The SMILES string of the molecule is C[C@@H](C(=O)NC1CCCCC1)N(Cc1ccc(Br)cc1)C(=O)CN(c1cc(Cl)c(Cl)cc1Cl)S(C)(=O)=O. The summed E-state index contributed by atoms with van der Waals surface area (Å²) in [5.41, 5.74) is 0.808. The summed E-state index contributed by atoms with van der Waals surface area (Å²) in [6.45, 7) is 1.18. The number of hydrogen-bond donors (Lipinski definition) is 1. The van der Waals surface area contributed by atoms with E-state index in [0.29, 0.717) is 0 Å². The molecule has 2 aromatic rings. The predicted octanol–water partition coefficient (Wildman–Crippen LogP) is 6.04. The quantitative estimate of drug-likeness (QED) is 0.335. The van der Waals surface area contributed by atoms with Crippen LogP contribution in [0.15, 0.2) is 40.9 Å². The molecule has 0 heterocycles. The van der Waals surface area contributed by atoms with Gasteiger partial charge >= 0.3 is 0 Å². The molecule has 1 N–H and O–H groups in total. The Morgan fingerprint density at radius 3 is 2.22 bits per heavy atom. The molecule has 202 valence electrons. The van der Waals surface area contributed by atoms with Gasteiger partial charge in [-0.05, 0) is 49.6 Å². The maximum atomic E-state index is 13.7. The highest BCUT2D eigenvalue weighted by Gasteiger charge is 2.32. The van der Waals surface area contributed by atoms with E-state index in [1.807, 2.05) is 24.3 Å². The molecule has 0 bridgehead atoms. The number of nitrogens with zero attached hydrogens (tertiary/aromatic N) is 2. The molecule has 3 rings (SSSR count). The van der Waals surface area contributed by atoms with Gasteiger partial charge in [0.15, 0.2) is 0 Å². The van der Waals surface area contributed by atoms with Crippen LogP contribution in [0.25, 0.3) is 0 Å². The van der Waals surface area contributed by atoms with E-state index >= 15 is 0 Å². The maximum absolute atomic E-state index is 13.7. The Bertz CT molecular complexity index is 1240. The van der Waals surface area contributed by atoms with E-state index in [9.17, 15) is 18.0 Å². The number of nitrogens with one attached hydrogen (secondary N) is 1. The lowest BCUT2D eigenvalue weighted by Crippen LogP contribution is -2.53.